The van der Waals surface area contributed by atoms with Crippen molar-refractivity contribution in [3.8, 4) is 0 Å². The van der Waals surface area contributed by atoms with Crippen LogP contribution in [0.2, 0.25) is 0 Å². The number of guanidine groups is 1. The molecule has 0 amide bonds. The van der Waals surface area contributed by atoms with Gasteiger partial charge < -0.3 is 15.0 Å². The Hall–Kier alpha value is -2.04. The maximum absolute atomic E-state index is 11.0. The summed E-state index contributed by atoms with van der Waals surface area (Å²) < 4.78 is 4.65. The molecule has 1 N–H and O–H groups in total. The molecule has 25 heavy (non-hydrogen) atoms. The van der Waals surface area contributed by atoms with Crippen molar-refractivity contribution in [2.75, 3.05) is 33.8 Å². The number of carbonyl (C=O) groups excluding carboxylic acids is 1. The highest BCUT2D eigenvalue weighted by Crippen LogP contribution is 2.26. The molecule has 0 spiro atoms. The van der Waals surface area contributed by atoms with Gasteiger partial charge >= 0.3 is 5.97 Å². The van der Waals surface area contributed by atoms with E-state index >= 15 is 0 Å². The van der Waals surface area contributed by atoms with Crippen LogP contribution in [0.15, 0.2) is 35.3 Å². The van der Waals surface area contributed by atoms with Crippen LogP contribution in [0.25, 0.3) is 0 Å². The van der Waals surface area contributed by atoms with Gasteiger partial charge in [0, 0.05) is 39.0 Å². The van der Waals surface area contributed by atoms with Gasteiger partial charge in [-0.05, 0) is 24.8 Å². The summed E-state index contributed by atoms with van der Waals surface area (Å²) in [6, 6.07) is 10.7. The number of carbonyl (C=O) groups is 1. The zero-order chi connectivity index (χ0) is 17.9. The average Bonchev–Trinajstić information content (AvgIpc) is 3.14. The van der Waals surface area contributed by atoms with Crippen LogP contribution in [0.3, 0.4) is 0 Å². The smallest absolute Gasteiger partial charge is 0.305 e. The van der Waals surface area contributed by atoms with Crippen molar-refractivity contribution in [1.29, 1.82) is 0 Å². The minimum Gasteiger partial charge on any atom is -0.469 e. The van der Waals surface area contributed by atoms with Crippen molar-refractivity contribution in [3.05, 3.63) is 35.9 Å². The second kappa shape index (κ2) is 10.7. The van der Waals surface area contributed by atoms with Gasteiger partial charge in [0.05, 0.1) is 7.11 Å². The maximum Gasteiger partial charge on any atom is 0.305 e. The van der Waals surface area contributed by atoms with Gasteiger partial charge in [0.1, 0.15) is 0 Å². The lowest BCUT2D eigenvalue weighted by atomic mass is 9.99. The number of hydrogen-bond acceptors (Lipinski definition) is 3. The van der Waals surface area contributed by atoms with E-state index in [9.17, 15) is 4.79 Å². The van der Waals surface area contributed by atoms with E-state index < -0.39 is 0 Å². The van der Waals surface area contributed by atoms with Crippen LogP contribution < -0.4 is 5.32 Å². The van der Waals surface area contributed by atoms with E-state index in [0.29, 0.717) is 12.3 Å². The number of ether oxygens (including phenoxy) is 1. The van der Waals surface area contributed by atoms with Crippen molar-refractivity contribution in [2.24, 2.45) is 4.99 Å². The van der Waals surface area contributed by atoms with Crippen LogP contribution >= 0.6 is 0 Å². The minimum atomic E-state index is -0.111. The predicted octanol–water partition coefficient (Wildman–Crippen LogP) is 3.17. The van der Waals surface area contributed by atoms with Crippen molar-refractivity contribution in [2.45, 2.75) is 44.4 Å². The van der Waals surface area contributed by atoms with Crippen molar-refractivity contribution < 1.29 is 9.53 Å². The highest BCUT2D eigenvalue weighted by Gasteiger charge is 2.25. The topological polar surface area (TPSA) is 53.9 Å². The number of benzene rings is 1. The molecule has 2 rings (SSSR count). The summed E-state index contributed by atoms with van der Waals surface area (Å²) in [7, 11) is 3.30. The summed E-state index contributed by atoms with van der Waals surface area (Å²) in [6.45, 7) is 3.01. The number of likely N-dealkylation sites (tertiary alicyclic amines) is 1. The van der Waals surface area contributed by atoms with Gasteiger partial charge in [-0.2, -0.15) is 0 Å². The van der Waals surface area contributed by atoms with E-state index in [1.54, 1.807) is 0 Å². The molecular formula is C20H31N3O2. The van der Waals surface area contributed by atoms with E-state index in [-0.39, 0.29) is 5.97 Å². The van der Waals surface area contributed by atoms with Gasteiger partial charge in [-0.15, -0.1) is 0 Å². The Morgan fingerprint density at radius 2 is 2.00 bits per heavy atom. The van der Waals surface area contributed by atoms with E-state index in [1.165, 1.54) is 19.1 Å². The van der Waals surface area contributed by atoms with Crippen molar-refractivity contribution in [3.63, 3.8) is 0 Å². The van der Waals surface area contributed by atoms with Gasteiger partial charge in [-0.1, -0.05) is 43.2 Å². The number of unbranched alkanes of at least 4 members (excludes halogenated alkanes) is 3. The number of rotatable bonds is 8. The fraction of sp³-hybridized carbons (Fsp3) is 0.600. The van der Waals surface area contributed by atoms with Crippen LogP contribution in [0.5, 0.6) is 0 Å². The average molecular weight is 345 g/mol. The fourth-order valence-electron chi connectivity index (χ4n) is 3.33. The minimum absolute atomic E-state index is 0.111. The second-order valence-electron chi connectivity index (χ2n) is 6.56. The molecule has 1 heterocycles. The molecule has 0 radical (unpaired) electrons. The number of aliphatic imine (C=N–C) groups is 1. The van der Waals surface area contributed by atoms with Gasteiger partial charge in [0.25, 0.3) is 0 Å². The Bertz CT molecular complexity index is 545. The fourth-order valence-corrected chi connectivity index (χ4v) is 3.33. The first-order valence-electron chi connectivity index (χ1n) is 9.32. The van der Waals surface area contributed by atoms with Crippen LogP contribution in [0.1, 0.15) is 50.0 Å². The molecule has 1 saturated heterocycles. The molecule has 1 fully saturated rings. The summed E-state index contributed by atoms with van der Waals surface area (Å²) in [5, 5.41) is 3.48. The Balaban J connectivity index is 1.63. The van der Waals surface area contributed by atoms with Crippen molar-refractivity contribution >= 4 is 11.9 Å². The number of hydrogen-bond donors (Lipinski definition) is 1. The molecule has 5 heteroatoms. The van der Waals surface area contributed by atoms with Gasteiger partial charge in [0.2, 0.25) is 0 Å². The van der Waals surface area contributed by atoms with E-state index in [0.717, 1.165) is 51.3 Å². The molecule has 1 aliphatic rings. The highest BCUT2D eigenvalue weighted by molar-refractivity contribution is 5.80. The molecule has 1 aromatic carbocycles. The Kier molecular flexibility index (Phi) is 8.29. The summed E-state index contributed by atoms with van der Waals surface area (Å²) in [5.41, 5.74) is 1.42. The number of methoxy groups -OCH3 is 1. The first-order valence-corrected chi connectivity index (χ1v) is 9.32. The largest absolute Gasteiger partial charge is 0.469 e. The third kappa shape index (κ3) is 6.40. The number of esters is 1. The standard InChI is InChI=1S/C20H31N3O2/c1-21-20(22-14-9-4-3-8-12-19(24)25-2)23-15-13-18(16-23)17-10-6-5-7-11-17/h5-7,10-11,18H,3-4,8-9,12-16H2,1-2H3,(H,21,22). The van der Waals surface area contributed by atoms with Gasteiger partial charge in [0.15, 0.2) is 5.96 Å². The maximum atomic E-state index is 11.0. The molecule has 5 nitrogen and oxygen atoms in total. The molecule has 0 saturated carbocycles. The van der Waals surface area contributed by atoms with Gasteiger partial charge in [-0.3, -0.25) is 9.79 Å². The highest BCUT2D eigenvalue weighted by atomic mass is 16.5. The van der Waals surface area contributed by atoms with E-state index in [4.69, 9.17) is 0 Å². The van der Waals surface area contributed by atoms with Crippen LogP contribution in [-0.2, 0) is 9.53 Å². The first kappa shape index (κ1) is 19.3. The van der Waals surface area contributed by atoms with Crippen molar-refractivity contribution in [1.82, 2.24) is 10.2 Å². The SMILES string of the molecule is CN=C(NCCCCCCC(=O)OC)N1CCC(c2ccccc2)C1. The zero-order valence-electron chi connectivity index (χ0n) is 15.5. The lowest BCUT2D eigenvalue weighted by molar-refractivity contribution is -0.140. The monoisotopic (exact) mass is 345 g/mol. The molecule has 0 bridgehead atoms. The number of nitrogens with zero attached hydrogens (tertiary/aromatic N) is 2. The molecule has 1 atom stereocenters. The molecular weight excluding hydrogens is 314 g/mol. The lowest BCUT2D eigenvalue weighted by Crippen LogP contribution is -2.40. The Labute approximate surface area is 151 Å². The summed E-state index contributed by atoms with van der Waals surface area (Å²) in [5.74, 6) is 1.49. The summed E-state index contributed by atoms with van der Waals surface area (Å²) in [6.07, 6.45) is 5.89. The molecule has 0 aromatic heterocycles. The van der Waals surface area contributed by atoms with E-state index in [2.05, 4.69) is 50.3 Å². The van der Waals surface area contributed by atoms with Crippen LogP contribution in [-0.4, -0.2) is 50.6 Å². The Morgan fingerprint density at radius 3 is 2.72 bits per heavy atom. The van der Waals surface area contributed by atoms with Gasteiger partial charge in [-0.25, -0.2) is 0 Å². The van der Waals surface area contributed by atoms with E-state index in [1.807, 2.05) is 7.05 Å². The second-order valence-corrected chi connectivity index (χ2v) is 6.56. The third-order valence-electron chi connectivity index (χ3n) is 4.79. The summed E-state index contributed by atoms with van der Waals surface area (Å²) >= 11 is 0. The molecule has 1 aliphatic heterocycles. The number of nitrogens with one attached hydrogen (secondary N) is 1. The first-order chi connectivity index (χ1) is 12.2. The molecule has 1 aromatic rings. The molecule has 0 aliphatic carbocycles. The Morgan fingerprint density at radius 1 is 1.24 bits per heavy atom. The van der Waals surface area contributed by atoms with Crippen LogP contribution in [0.4, 0.5) is 0 Å². The summed E-state index contributed by atoms with van der Waals surface area (Å²) in [4.78, 5) is 17.8. The predicted molar refractivity (Wildman–Crippen MR) is 102 cm³/mol. The molecule has 138 valence electrons. The lowest BCUT2D eigenvalue weighted by Gasteiger charge is -2.21. The third-order valence-corrected chi connectivity index (χ3v) is 4.79. The zero-order valence-corrected chi connectivity index (χ0v) is 15.5. The quantitative estimate of drug-likeness (QED) is 0.340. The molecule has 1 unspecified atom stereocenters. The van der Waals surface area contributed by atoms with Crippen LogP contribution in [0, 0.1) is 0 Å². The normalized spacial score (nSPS) is 17.6.